The van der Waals surface area contributed by atoms with Gasteiger partial charge in [-0.15, -0.1) is 11.3 Å². The Hall–Kier alpha value is -1.15. The summed E-state index contributed by atoms with van der Waals surface area (Å²) in [5.41, 5.74) is 1.60. The van der Waals surface area contributed by atoms with Gasteiger partial charge in [0.15, 0.2) is 0 Å². The maximum atomic E-state index is 9.43. The molecule has 0 bridgehead atoms. The second kappa shape index (κ2) is 2.96. The highest BCUT2D eigenvalue weighted by Crippen LogP contribution is 2.30. The summed E-state index contributed by atoms with van der Waals surface area (Å²) < 4.78 is 1.24. The van der Waals surface area contributed by atoms with Crippen molar-refractivity contribution in [1.82, 2.24) is 5.41 Å². The molecule has 1 nitrogen and oxygen atoms in total. The number of fused-ring (bicyclic) bond motifs is 1. The average Bonchev–Trinajstić information content (AvgIpc) is 2.45. The Labute approximate surface area is 81.5 Å². The fraction of sp³-hybridized carbons (Fsp3) is 0.182. The number of benzene rings is 1. The molecule has 1 aromatic heterocycles. The maximum Gasteiger partial charge on any atom is 0.0774 e. The quantitative estimate of drug-likeness (QED) is 0.614. The van der Waals surface area contributed by atoms with Crippen LogP contribution in [0.1, 0.15) is 17.4 Å². The molecule has 0 aliphatic carbocycles. The van der Waals surface area contributed by atoms with Crippen molar-refractivity contribution in [3.63, 3.8) is 0 Å². The molecule has 1 aromatic carbocycles. The predicted octanol–water partition coefficient (Wildman–Crippen LogP) is 2.82. The molecule has 1 radical (unpaired) electrons. The van der Waals surface area contributed by atoms with Gasteiger partial charge in [-0.3, -0.25) is 0 Å². The highest BCUT2D eigenvalue weighted by molar-refractivity contribution is 7.21. The smallest absolute Gasteiger partial charge is 0.0774 e. The Morgan fingerprint density at radius 2 is 2.00 bits per heavy atom. The molecule has 0 aliphatic rings. The molecule has 0 atom stereocenters. The summed E-state index contributed by atoms with van der Waals surface area (Å²) in [6.07, 6.45) is 0. The minimum Gasteiger partial charge on any atom is -0.154 e. The van der Waals surface area contributed by atoms with Gasteiger partial charge in [-0.2, -0.15) is 5.41 Å². The molecular formula is C11H10NS. The van der Waals surface area contributed by atoms with Crippen molar-refractivity contribution in [2.45, 2.75) is 13.8 Å². The average molecular weight is 188 g/mol. The van der Waals surface area contributed by atoms with Crippen molar-refractivity contribution in [3.05, 3.63) is 34.7 Å². The van der Waals surface area contributed by atoms with E-state index in [4.69, 9.17) is 0 Å². The van der Waals surface area contributed by atoms with E-state index in [9.17, 15) is 5.41 Å². The molecule has 0 fully saturated rings. The van der Waals surface area contributed by atoms with Crippen molar-refractivity contribution in [2.75, 3.05) is 0 Å². The zero-order chi connectivity index (χ0) is 9.42. The summed E-state index contributed by atoms with van der Waals surface area (Å²) in [6.45, 7) is 3.78. The van der Waals surface area contributed by atoms with Gasteiger partial charge < -0.3 is 0 Å². The van der Waals surface area contributed by atoms with Crippen LogP contribution in [0.15, 0.2) is 24.3 Å². The van der Waals surface area contributed by atoms with Crippen LogP contribution in [0.4, 0.5) is 0 Å². The molecule has 13 heavy (non-hydrogen) atoms. The summed E-state index contributed by atoms with van der Waals surface area (Å²) in [4.78, 5) is 1.00. The molecule has 1 heterocycles. The zero-order valence-corrected chi connectivity index (χ0v) is 8.48. The fourth-order valence-electron chi connectivity index (χ4n) is 1.52. The van der Waals surface area contributed by atoms with Crippen LogP contribution < -0.4 is 5.41 Å². The number of nitrogens with zero attached hydrogens (tertiary/aromatic N) is 1. The van der Waals surface area contributed by atoms with Crippen LogP contribution in [0.3, 0.4) is 0 Å². The van der Waals surface area contributed by atoms with Gasteiger partial charge in [0.2, 0.25) is 0 Å². The molecule has 0 amide bonds. The first-order valence-electron chi connectivity index (χ1n) is 4.21. The van der Waals surface area contributed by atoms with Gasteiger partial charge in [0, 0.05) is 4.70 Å². The van der Waals surface area contributed by atoms with Crippen molar-refractivity contribution in [1.29, 1.82) is 0 Å². The molecule has 2 aromatic rings. The number of aryl methyl sites for hydroxylation is 1. The standard InChI is InChI=1S/C11H10NS/c1-7-9-5-3-4-6-10(9)13-11(7)8(2)12/h3-6H,1-2H3. The Morgan fingerprint density at radius 1 is 1.31 bits per heavy atom. The molecule has 0 saturated carbocycles. The molecule has 0 spiro atoms. The van der Waals surface area contributed by atoms with Crippen LogP contribution in [0, 0.1) is 6.92 Å². The highest BCUT2D eigenvalue weighted by Gasteiger charge is 2.08. The van der Waals surface area contributed by atoms with Gasteiger partial charge in [0.1, 0.15) is 0 Å². The summed E-state index contributed by atoms with van der Waals surface area (Å²) in [5, 5.41) is 10.7. The van der Waals surface area contributed by atoms with E-state index in [1.54, 1.807) is 18.3 Å². The maximum absolute atomic E-state index is 9.43. The van der Waals surface area contributed by atoms with Crippen LogP contribution in [0.2, 0.25) is 0 Å². The first-order valence-corrected chi connectivity index (χ1v) is 5.03. The Kier molecular flexibility index (Phi) is 1.93. The molecular weight excluding hydrogens is 178 g/mol. The van der Waals surface area contributed by atoms with Crippen molar-refractivity contribution in [2.24, 2.45) is 0 Å². The minimum atomic E-state index is 0.415. The van der Waals surface area contributed by atoms with Crippen LogP contribution >= 0.6 is 11.3 Å². The van der Waals surface area contributed by atoms with Gasteiger partial charge in [-0.1, -0.05) is 18.2 Å². The van der Waals surface area contributed by atoms with Crippen LogP contribution in [-0.2, 0) is 0 Å². The lowest BCUT2D eigenvalue weighted by Crippen LogP contribution is -1.92. The van der Waals surface area contributed by atoms with E-state index in [1.165, 1.54) is 15.6 Å². The van der Waals surface area contributed by atoms with Gasteiger partial charge >= 0.3 is 0 Å². The third-order valence-corrected chi connectivity index (χ3v) is 3.55. The first-order chi connectivity index (χ1) is 6.20. The van der Waals surface area contributed by atoms with E-state index in [2.05, 4.69) is 12.1 Å². The number of hydrogen-bond acceptors (Lipinski definition) is 1. The minimum absolute atomic E-state index is 0.415. The summed E-state index contributed by atoms with van der Waals surface area (Å²) in [7, 11) is 0. The third-order valence-electron chi connectivity index (χ3n) is 2.17. The Morgan fingerprint density at radius 3 is 2.62 bits per heavy atom. The summed E-state index contributed by atoms with van der Waals surface area (Å²) >= 11 is 1.64. The first kappa shape index (κ1) is 8.45. The number of thiophene rings is 1. The van der Waals surface area contributed by atoms with Crippen LogP contribution in [0.5, 0.6) is 0 Å². The van der Waals surface area contributed by atoms with Crippen LogP contribution in [0.25, 0.3) is 10.1 Å². The molecule has 0 unspecified atom stereocenters. The van der Waals surface area contributed by atoms with Gasteiger partial charge in [0.25, 0.3) is 0 Å². The summed E-state index contributed by atoms with van der Waals surface area (Å²) in [6, 6.07) is 8.22. The fourth-order valence-corrected chi connectivity index (χ4v) is 2.63. The van der Waals surface area contributed by atoms with Gasteiger partial charge in [-0.05, 0) is 30.9 Å². The molecule has 65 valence electrons. The van der Waals surface area contributed by atoms with E-state index in [0.29, 0.717) is 5.71 Å². The second-order valence-electron chi connectivity index (χ2n) is 3.14. The second-order valence-corrected chi connectivity index (χ2v) is 4.19. The normalized spacial score (nSPS) is 10.6. The van der Waals surface area contributed by atoms with E-state index in [1.807, 2.05) is 19.1 Å². The predicted molar refractivity (Wildman–Crippen MR) is 58.5 cm³/mol. The summed E-state index contributed by atoms with van der Waals surface area (Å²) in [5.74, 6) is 0. The third kappa shape index (κ3) is 1.27. The van der Waals surface area contributed by atoms with Gasteiger partial charge in [-0.25, -0.2) is 0 Å². The Bertz CT molecular complexity index is 468. The van der Waals surface area contributed by atoms with Crippen LogP contribution in [-0.4, -0.2) is 5.71 Å². The van der Waals surface area contributed by atoms with Crippen molar-refractivity contribution >= 4 is 27.1 Å². The van der Waals surface area contributed by atoms with E-state index in [0.717, 1.165) is 4.88 Å². The number of hydrogen-bond donors (Lipinski definition) is 0. The SMILES string of the molecule is CC(=[N])c1sc2ccccc2c1C. The lowest BCUT2D eigenvalue weighted by atomic mass is 10.1. The van der Waals surface area contributed by atoms with E-state index >= 15 is 0 Å². The highest BCUT2D eigenvalue weighted by atomic mass is 32.1. The zero-order valence-electron chi connectivity index (χ0n) is 7.66. The molecule has 2 heteroatoms. The lowest BCUT2D eigenvalue weighted by Gasteiger charge is -1.92. The molecule has 0 aliphatic heterocycles. The Balaban J connectivity index is 2.81. The number of rotatable bonds is 1. The van der Waals surface area contributed by atoms with E-state index in [-0.39, 0.29) is 0 Å². The van der Waals surface area contributed by atoms with Gasteiger partial charge in [0.05, 0.1) is 10.6 Å². The molecule has 2 rings (SSSR count). The largest absolute Gasteiger partial charge is 0.154 e. The van der Waals surface area contributed by atoms with Crippen molar-refractivity contribution in [3.8, 4) is 0 Å². The molecule has 0 saturated heterocycles. The monoisotopic (exact) mass is 188 g/mol. The van der Waals surface area contributed by atoms with E-state index < -0.39 is 0 Å². The topological polar surface area (TPSA) is 22.3 Å². The van der Waals surface area contributed by atoms with Crippen molar-refractivity contribution < 1.29 is 0 Å². The molecule has 0 N–H and O–H groups in total. The lowest BCUT2D eigenvalue weighted by molar-refractivity contribution is 1.55.